The molecule has 0 spiro atoms. The average molecular weight is 408 g/mol. The molecular formula is C21H18ClN5O2. The van der Waals surface area contributed by atoms with Crippen LogP contribution in [0.5, 0.6) is 5.75 Å². The molecule has 0 atom stereocenters. The van der Waals surface area contributed by atoms with E-state index >= 15 is 0 Å². The van der Waals surface area contributed by atoms with Crippen molar-refractivity contribution in [1.82, 2.24) is 19.6 Å². The molecule has 4 rings (SSSR count). The van der Waals surface area contributed by atoms with Gasteiger partial charge in [-0.25, -0.2) is 9.36 Å². The number of aromatic nitrogens is 4. The summed E-state index contributed by atoms with van der Waals surface area (Å²) in [7, 11) is 1.61. The molecular weight excluding hydrogens is 390 g/mol. The minimum absolute atomic E-state index is 0.289. The first kappa shape index (κ1) is 18.8. The second-order valence-electron chi connectivity index (χ2n) is 6.36. The van der Waals surface area contributed by atoms with Crippen molar-refractivity contribution in [2.75, 3.05) is 12.4 Å². The maximum absolute atomic E-state index is 12.7. The van der Waals surface area contributed by atoms with Crippen LogP contribution in [0.4, 0.5) is 5.82 Å². The number of methoxy groups -OCH3 is 1. The van der Waals surface area contributed by atoms with Gasteiger partial charge in [-0.05, 0) is 55.5 Å². The summed E-state index contributed by atoms with van der Waals surface area (Å²) in [6.45, 7) is 1.86. The fourth-order valence-corrected chi connectivity index (χ4v) is 3.08. The van der Waals surface area contributed by atoms with Crippen LogP contribution in [0.1, 0.15) is 16.2 Å². The number of hydrogen-bond donors (Lipinski definition) is 1. The summed E-state index contributed by atoms with van der Waals surface area (Å²) in [5.74, 6) is 0.956. The highest BCUT2D eigenvalue weighted by atomic mass is 35.5. The van der Waals surface area contributed by atoms with Crippen molar-refractivity contribution in [3.8, 4) is 17.1 Å². The number of ether oxygens (including phenoxy) is 1. The molecule has 8 heteroatoms. The molecule has 0 radical (unpaired) electrons. The number of carbonyl (C=O) groups is 1. The van der Waals surface area contributed by atoms with Gasteiger partial charge < -0.3 is 10.1 Å². The number of amides is 1. The van der Waals surface area contributed by atoms with Gasteiger partial charge in [0.2, 0.25) is 0 Å². The first-order valence-electron chi connectivity index (χ1n) is 8.87. The minimum Gasteiger partial charge on any atom is -0.497 e. The lowest BCUT2D eigenvalue weighted by Crippen LogP contribution is -2.16. The van der Waals surface area contributed by atoms with Gasteiger partial charge in [0, 0.05) is 17.3 Å². The van der Waals surface area contributed by atoms with Crippen LogP contribution in [0.25, 0.3) is 11.4 Å². The second kappa shape index (κ2) is 7.81. The Bertz CT molecular complexity index is 1160. The molecule has 2 aromatic carbocycles. The van der Waals surface area contributed by atoms with Gasteiger partial charge in [0.1, 0.15) is 11.6 Å². The van der Waals surface area contributed by atoms with Crippen LogP contribution in [-0.4, -0.2) is 32.6 Å². The Morgan fingerprint density at radius 3 is 2.55 bits per heavy atom. The third-order valence-electron chi connectivity index (χ3n) is 4.28. The largest absolute Gasteiger partial charge is 0.497 e. The fourth-order valence-electron chi connectivity index (χ4n) is 2.90. The second-order valence-corrected chi connectivity index (χ2v) is 6.80. The molecule has 0 fully saturated rings. The van der Waals surface area contributed by atoms with Crippen molar-refractivity contribution < 1.29 is 9.53 Å². The van der Waals surface area contributed by atoms with E-state index < -0.39 is 0 Å². The highest BCUT2D eigenvalue weighted by Gasteiger charge is 2.15. The lowest BCUT2D eigenvalue weighted by Gasteiger charge is -2.08. The summed E-state index contributed by atoms with van der Waals surface area (Å²) in [6, 6.07) is 18.1. The van der Waals surface area contributed by atoms with Crippen LogP contribution < -0.4 is 10.1 Å². The molecule has 146 valence electrons. The minimum atomic E-state index is -0.333. The zero-order chi connectivity index (χ0) is 20.4. The molecule has 0 saturated heterocycles. The smallest absolute Gasteiger partial charge is 0.277 e. The number of rotatable bonds is 5. The summed E-state index contributed by atoms with van der Waals surface area (Å²) in [6.07, 6.45) is 1.73. The van der Waals surface area contributed by atoms with Crippen molar-refractivity contribution in [2.24, 2.45) is 0 Å². The molecule has 1 N–H and O–H groups in total. The number of hydrogen-bond acceptors (Lipinski definition) is 4. The number of nitrogens with one attached hydrogen (secondary N) is 1. The van der Waals surface area contributed by atoms with E-state index in [1.807, 2.05) is 43.3 Å². The Hall–Kier alpha value is -3.58. The van der Waals surface area contributed by atoms with E-state index in [-0.39, 0.29) is 11.6 Å². The van der Waals surface area contributed by atoms with Crippen LogP contribution in [-0.2, 0) is 0 Å². The van der Waals surface area contributed by atoms with E-state index in [4.69, 9.17) is 16.3 Å². The predicted molar refractivity (Wildman–Crippen MR) is 111 cm³/mol. The van der Waals surface area contributed by atoms with Gasteiger partial charge in [-0.15, -0.1) is 0 Å². The molecule has 0 aliphatic carbocycles. The summed E-state index contributed by atoms with van der Waals surface area (Å²) < 4.78 is 8.43. The number of nitrogens with zero attached hydrogens (tertiary/aromatic N) is 4. The highest BCUT2D eigenvalue weighted by Crippen LogP contribution is 2.21. The van der Waals surface area contributed by atoms with Gasteiger partial charge in [0.15, 0.2) is 5.69 Å². The molecule has 0 unspecified atom stereocenters. The van der Waals surface area contributed by atoms with E-state index in [0.717, 1.165) is 22.8 Å². The van der Waals surface area contributed by atoms with Gasteiger partial charge in [0.25, 0.3) is 5.91 Å². The Morgan fingerprint density at radius 1 is 1.03 bits per heavy atom. The maximum Gasteiger partial charge on any atom is 0.277 e. The van der Waals surface area contributed by atoms with Crippen LogP contribution in [0.3, 0.4) is 0 Å². The topological polar surface area (TPSA) is 74.0 Å². The number of halogens is 1. The standard InChI is InChI=1S/C21H18ClN5O2/c1-14-12-20(27(24-14)17-5-3-4-15(22)13-17)23-21(28)19-10-11-26(25-19)16-6-8-18(29-2)9-7-16/h3-13H,1-2H3,(H,23,28). The summed E-state index contributed by atoms with van der Waals surface area (Å²) in [4.78, 5) is 12.7. The average Bonchev–Trinajstić information content (AvgIpc) is 3.35. The maximum atomic E-state index is 12.7. The first-order chi connectivity index (χ1) is 14.0. The zero-order valence-corrected chi connectivity index (χ0v) is 16.6. The van der Waals surface area contributed by atoms with E-state index in [2.05, 4.69) is 15.5 Å². The molecule has 0 saturated carbocycles. The van der Waals surface area contributed by atoms with Gasteiger partial charge in [-0.3, -0.25) is 4.79 Å². The number of anilines is 1. The number of aryl methyl sites for hydroxylation is 1. The van der Waals surface area contributed by atoms with Crippen molar-refractivity contribution in [2.45, 2.75) is 6.92 Å². The Morgan fingerprint density at radius 2 is 1.83 bits per heavy atom. The molecule has 2 aromatic heterocycles. The van der Waals surface area contributed by atoms with Crippen molar-refractivity contribution in [3.05, 3.63) is 83.3 Å². The van der Waals surface area contributed by atoms with Gasteiger partial charge >= 0.3 is 0 Å². The number of benzene rings is 2. The lowest BCUT2D eigenvalue weighted by atomic mass is 10.3. The molecule has 2 heterocycles. The van der Waals surface area contributed by atoms with Crippen LogP contribution in [0.15, 0.2) is 66.9 Å². The Balaban J connectivity index is 1.57. The first-order valence-corrected chi connectivity index (χ1v) is 9.25. The summed E-state index contributed by atoms with van der Waals surface area (Å²) in [5.41, 5.74) is 2.63. The molecule has 4 aromatic rings. The summed E-state index contributed by atoms with van der Waals surface area (Å²) >= 11 is 6.09. The quantitative estimate of drug-likeness (QED) is 0.535. The molecule has 29 heavy (non-hydrogen) atoms. The summed E-state index contributed by atoms with van der Waals surface area (Å²) in [5, 5.41) is 12.3. The normalized spacial score (nSPS) is 10.7. The Kier molecular flexibility index (Phi) is 5.05. The van der Waals surface area contributed by atoms with Gasteiger partial charge in [0.05, 0.1) is 24.2 Å². The van der Waals surface area contributed by atoms with Crippen molar-refractivity contribution in [1.29, 1.82) is 0 Å². The van der Waals surface area contributed by atoms with Crippen molar-refractivity contribution >= 4 is 23.3 Å². The highest BCUT2D eigenvalue weighted by molar-refractivity contribution is 6.30. The van der Waals surface area contributed by atoms with Crippen LogP contribution in [0, 0.1) is 6.92 Å². The zero-order valence-electron chi connectivity index (χ0n) is 15.8. The molecule has 0 aliphatic heterocycles. The third kappa shape index (κ3) is 4.00. The van der Waals surface area contributed by atoms with E-state index in [1.54, 1.807) is 46.9 Å². The predicted octanol–water partition coefficient (Wildman–Crippen LogP) is 4.28. The van der Waals surface area contributed by atoms with Gasteiger partial charge in [-0.2, -0.15) is 10.2 Å². The van der Waals surface area contributed by atoms with E-state index in [9.17, 15) is 4.79 Å². The molecule has 0 bridgehead atoms. The van der Waals surface area contributed by atoms with E-state index in [0.29, 0.717) is 10.8 Å². The monoisotopic (exact) mass is 407 g/mol. The number of carbonyl (C=O) groups excluding carboxylic acids is 1. The van der Waals surface area contributed by atoms with Crippen LogP contribution >= 0.6 is 11.6 Å². The van der Waals surface area contributed by atoms with Crippen molar-refractivity contribution in [3.63, 3.8) is 0 Å². The molecule has 0 aliphatic rings. The van der Waals surface area contributed by atoms with Crippen LogP contribution in [0.2, 0.25) is 5.02 Å². The van der Waals surface area contributed by atoms with E-state index in [1.165, 1.54) is 0 Å². The molecule has 7 nitrogen and oxygen atoms in total. The SMILES string of the molecule is COc1ccc(-n2ccc(C(=O)Nc3cc(C)nn3-c3cccc(Cl)c3)n2)cc1. The third-order valence-corrected chi connectivity index (χ3v) is 4.52. The lowest BCUT2D eigenvalue weighted by molar-refractivity contribution is 0.102. The Labute approximate surface area is 172 Å². The fraction of sp³-hybridized carbons (Fsp3) is 0.0952. The van der Waals surface area contributed by atoms with Gasteiger partial charge in [-0.1, -0.05) is 17.7 Å². The molecule has 1 amide bonds.